The molecule has 2 N–H and O–H groups in total. The lowest BCUT2D eigenvalue weighted by Crippen LogP contribution is -1.93. The zero-order valence-electron chi connectivity index (χ0n) is 11.1. The van der Waals surface area contributed by atoms with E-state index in [-0.39, 0.29) is 0 Å². The Morgan fingerprint density at radius 2 is 2.00 bits per heavy atom. The summed E-state index contributed by atoms with van der Waals surface area (Å²) in [6, 6.07) is 7.89. The summed E-state index contributed by atoms with van der Waals surface area (Å²) in [5.74, 6) is 3.48. The Morgan fingerprint density at radius 1 is 1.21 bits per heavy atom. The number of hydrogen-bond donors (Lipinski definition) is 1. The summed E-state index contributed by atoms with van der Waals surface area (Å²) < 4.78 is 5.24. The Morgan fingerprint density at radius 3 is 2.74 bits per heavy atom. The average molecular weight is 277 g/mol. The van der Waals surface area contributed by atoms with Crippen LogP contribution in [0.5, 0.6) is 0 Å². The van der Waals surface area contributed by atoms with E-state index in [1.54, 1.807) is 0 Å². The summed E-state index contributed by atoms with van der Waals surface area (Å²) in [7, 11) is 0. The zero-order chi connectivity index (χ0) is 13.5. The van der Waals surface area contributed by atoms with Gasteiger partial charge in [0.1, 0.15) is 0 Å². The van der Waals surface area contributed by atoms with Gasteiger partial charge in [0, 0.05) is 12.1 Å². The molecule has 1 heterocycles. The molecule has 19 heavy (non-hydrogen) atoms. The van der Waals surface area contributed by atoms with E-state index in [9.17, 15) is 0 Å². The number of nitrogens with two attached hydrogens (primary N) is 1. The molecule has 4 nitrogen and oxygen atoms in total. The number of hydrogen-bond acceptors (Lipinski definition) is 5. The maximum atomic E-state index is 5.65. The van der Waals surface area contributed by atoms with E-state index in [0.29, 0.717) is 5.89 Å². The van der Waals surface area contributed by atoms with E-state index in [2.05, 4.69) is 17.1 Å². The van der Waals surface area contributed by atoms with E-state index in [1.807, 2.05) is 36.0 Å². The van der Waals surface area contributed by atoms with Crippen LogP contribution in [0.4, 0.5) is 5.69 Å². The number of aromatic nitrogens is 2. The van der Waals surface area contributed by atoms with Crippen LogP contribution in [-0.4, -0.2) is 15.9 Å². The third-order valence-corrected chi connectivity index (χ3v) is 3.86. The fourth-order valence-corrected chi connectivity index (χ4v) is 2.43. The highest BCUT2D eigenvalue weighted by atomic mass is 32.2. The second-order valence-corrected chi connectivity index (χ2v) is 5.50. The van der Waals surface area contributed by atoms with Crippen LogP contribution in [0, 0.1) is 0 Å². The smallest absolute Gasteiger partial charge is 0.227 e. The number of rotatable bonds is 7. The van der Waals surface area contributed by atoms with Gasteiger partial charge >= 0.3 is 0 Å². The molecule has 0 spiro atoms. The quantitative estimate of drug-likeness (QED) is 0.622. The molecule has 1 aromatic carbocycles. The molecule has 0 fully saturated rings. The molecule has 0 atom stereocenters. The predicted molar refractivity (Wildman–Crippen MR) is 79.0 cm³/mol. The first kappa shape index (κ1) is 13.9. The van der Waals surface area contributed by atoms with Crippen LogP contribution in [0.25, 0.3) is 0 Å². The minimum atomic E-state index is 0.712. The number of aryl methyl sites for hydroxylation is 2. The Balaban J connectivity index is 1.81. The molecule has 0 bridgehead atoms. The standard InChI is InChI=1S/C14H19N3OS/c1-2-9-19-10-13-16-14(18-17-13)8-5-11-3-6-12(15)7-4-11/h3-4,6-7H,2,5,8-10,15H2,1H3. The second-order valence-electron chi connectivity index (χ2n) is 4.40. The molecule has 2 rings (SSSR count). The van der Waals surface area contributed by atoms with Crippen LogP contribution in [0.3, 0.4) is 0 Å². The van der Waals surface area contributed by atoms with Crippen LogP contribution >= 0.6 is 11.8 Å². The highest BCUT2D eigenvalue weighted by molar-refractivity contribution is 7.98. The number of thioether (sulfide) groups is 1. The molecule has 0 aliphatic carbocycles. The first-order valence-corrected chi connectivity index (χ1v) is 7.67. The maximum absolute atomic E-state index is 5.65. The monoisotopic (exact) mass is 277 g/mol. The van der Waals surface area contributed by atoms with Crippen molar-refractivity contribution in [2.75, 3.05) is 11.5 Å². The summed E-state index contributed by atoms with van der Waals surface area (Å²) in [5.41, 5.74) is 7.67. The summed E-state index contributed by atoms with van der Waals surface area (Å²) in [4.78, 5) is 4.39. The molecule has 102 valence electrons. The van der Waals surface area contributed by atoms with Crippen LogP contribution in [0.2, 0.25) is 0 Å². The molecule has 0 radical (unpaired) electrons. The van der Waals surface area contributed by atoms with E-state index in [4.69, 9.17) is 10.3 Å². The second kappa shape index (κ2) is 7.19. The van der Waals surface area contributed by atoms with Crippen LogP contribution < -0.4 is 5.73 Å². The van der Waals surface area contributed by atoms with Crippen molar-refractivity contribution in [2.24, 2.45) is 0 Å². The van der Waals surface area contributed by atoms with Crippen molar-refractivity contribution in [3.63, 3.8) is 0 Å². The van der Waals surface area contributed by atoms with Crippen molar-refractivity contribution < 1.29 is 4.52 Å². The van der Waals surface area contributed by atoms with Gasteiger partial charge in [-0.15, -0.1) is 0 Å². The van der Waals surface area contributed by atoms with Gasteiger partial charge in [-0.05, 0) is 36.3 Å². The number of nitrogen functional groups attached to an aromatic ring is 1. The Labute approximate surface area is 117 Å². The third-order valence-electron chi connectivity index (χ3n) is 2.70. The minimum Gasteiger partial charge on any atom is -0.399 e. The molecule has 2 aromatic rings. The summed E-state index contributed by atoms with van der Waals surface area (Å²) in [6.45, 7) is 2.17. The molecule has 5 heteroatoms. The maximum Gasteiger partial charge on any atom is 0.227 e. The summed E-state index contributed by atoms with van der Waals surface area (Å²) in [6.07, 6.45) is 2.84. The Kier molecular flexibility index (Phi) is 5.27. The minimum absolute atomic E-state index is 0.712. The van der Waals surface area contributed by atoms with Gasteiger partial charge in [0.05, 0.1) is 5.75 Å². The van der Waals surface area contributed by atoms with E-state index in [0.717, 1.165) is 35.9 Å². The van der Waals surface area contributed by atoms with Crippen molar-refractivity contribution in [1.29, 1.82) is 0 Å². The molecule has 0 saturated carbocycles. The van der Waals surface area contributed by atoms with E-state index < -0.39 is 0 Å². The predicted octanol–water partition coefficient (Wildman–Crippen LogP) is 3.08. The lowest BCUT2D eigenvalue weighted by molar-refractivity contribution is 0.374. The van der Waals surface area contributed by atoms with Crippen molar-refractivity contribution in [3.8, 4) is 0 Å². The highest BCUT2D eigenvalue weighted by Crippen LogP contribution is 2.12. The SMILES string of the molecule is CCCSCc1noc(CCc2ccc(N)cc2)n1. The third kappa shape index (κ3) is 4.59. The van der Waals surface area contributed by atoms with Crippen molar-refractivity contribution >= 4 is 17.4 Å². The lowest BCUT2D eigenvalue weighted by Gasteiger charge is -1.98. The fraction of sp³-hybridized carbons (Fsp3) is 0.429. The Hall–Kier alpha value is -1.49. The van der Waals surface area contributed by atoms with E-state index in [1.165, 1.54) is 12.0 Å². The van der Waals surface area contributed by atoms with Gasteiger partial charge in [0.2, 0.25) is 5.89 Å². The van der Waals surface area contributed by atoms with Crippen LogP contribution in [0.15, 0.2) is 28.8 Å². The van der Waals surface area contributed by atoms with Crippen LogP contribution in [0.1, 0.15) is 30.6 Å². The zero-order valence-corrected chi connectivity index (χ0v) is 11.9. The van der Waals surface area contributed by atoms with Crippen molar-refractivity contribution in [3.05, 3.63) is 41.5 Å². The van der Waals surface area contributed by atoms with E-state index >= 15 is 0 Å². The number of nitrogens with zero attached hydrogens (tertiary/aromatic N) is 2. The topological polar surface area (TPSA) is 64.9 Å². The first-order valence-electron chi connectivity index (χ1n) is 6.51. The van der Waals surface area contributed by atoms with Gasteiger partial charge in [-0.1, -0.05) is 24.2 Å². The molecule has 0 aliphatic rings. The molecule has 0 aliphatic heterocycles. The molecule has 0 saturated heterocycles. The molecule has 0 unspecified atom stereocenters. The van der Waals surface area contributed by atoms with Gasteiger partial charge < -0.3 is 10.3 Å². The average Bonchev–Trinajstić information content (AvgIpc) is 2.86. The first-order chi connectivity index (χ1) is 9.28. The van der Waals surface area contributed by atoms with Gasteiger partial charge in [-0.25, -0.2) is 0 Å². The Bertz CT molecular complexity index is 496. The molecular weight excluding hydrogens is 258 g/mol. The van der Waals surface area contributed by atoms with Gasteiger partial charge in [-0.3, -0.25) is 0 Å². The van der Waals surface area contributed by atoms with Gasteiger partial charge in [-0.2, -0.15) is 16.7 Å². The molecule has 0 amide bonds. The normalized spacial score (nSPS) is 10.8. The summed E-state index contributed by atoms with van der Waals surface area (Å²) >= 11 is 1.84. The fourth-order valence-electron chi connectivity index (χ4n) is 1.69. The van der Waals surface area contributed by atoms with Crippen LogP contribution in [-0.2, 0) is 18.6 Å². The molecular formula is C14H19N3OS. The lowest BCUT2D eigenvalue weighted by atomic mass is 10.1. The van der Waals surface area contributed by atoms with Gasteiger partial charge in [0.25, 0.3) is 0 Å². The summed E-state index contributed by atoms with van der Waals surface area (Å²) in [5, 5.41) is 3.99. The van der Waals surface area contributed by atoms with Crippen molar-refractivity contribution in [2.45, 2.75) is 31.9 Å². The largest absolute Gasteiger partial charge is 0.399 e. The highest BCUT2D eigenvalue weighted by Gasteiger charge is 2.06. The van der Waals surface area contributed by atoms with Gasteiger partial charge in [0.15, 0.2) is 5.82 Å². The number of anilines is 1. The molecule has 1 aromatic heterocycles. The number of benzene rings is 1. The van der Waals surface area contributed by atoms with Crippen molar-refractivity contribution in [1.82, 2.24) is 10.1 Å².